The molecule has 26 heavy (non-hydrogen) atoms. The molecule has 7 heteroatoms. The van der Waals surface area contributed by atoms with E-state index in [1.165, 1.54) is 5.56 Å². The van der Waals surface area contributed by atoms with Gasteiger partial charge in [0.2, 0.25) is 0 Å². The van der Waals surface area contributed by atoms with Crippen LogP contribution in [0.1, 0.15) is 46.0 Å². The molecule has 2 aromatic heterocycles. The van der Waals surface area contributed by atoms with E-state index in [9.17, 15) is 4.79 Å². The van der Waals surface area contributed by atoms with Crippen LogP contribution in [0.2, 0.25) is 0 Å². The van der Waals surface area contributed by atoms with E-state index >= 15 is 0 Å². The molecule has 2 N–H and O–H groups in total. The van der Waals surface area contributed by atoms with Crippen LogP contribution in [0.3, 0.4) is 0 Å². The first-order chi connectivity index (χ1) is 12.4. The van der Waals surface area contributed by atoms with Crippen molar-refractivity contribution < 1.29 is 9.53 Å². The molecule has 1 unspecified atom stereocenters. The number of carbonyl (C=O) groups is 1. The highest BCUT2D eigenvalue weighted by atomic mass is 16.5. The predicted molar refractivity (Wildman–Crippen MR) is 100 cm³/mol. The molecule has 0 saturated heterocycles. The van der Waals surface area contributed by atoms with Gasteiger partial charge in [-0.15, -0.1) is 10.2 Å². The van der Waals surface area contributed by atoms with E-state index in [2.05, 4.69) is 39.6 Å². The highest BCUT2D eigenvalue weighted by Gasteiger charge is 2.20. The standard InChI is InChI=1S/C19H25N5O2/c1-11-8-12(2)16-15(9-11)13(3)17(22-16)19(25)21-14(4)18-23-20-10-24(18)6-7-26-5/h8-10,14,22H,6-7H2,1-5H3,(H,21,25). The summed E-state index contributed by atoms with van der Waals surface area (Å²) in [5, 5.41) is 12.2. The second-order valence-electron chi connectivity index (χ2n) is 6.70. The summed E-state index contributed by atoms with van der Waals surface area (Å²) in [6.45, 7) is 9.19. The first-order valence-electron chi connectivity index (χ1n) is 8.69. The van der Waals surface area contributed by atoms with E-state index in [0.29, 0.717) is 24.7 Å². The Morgan fingerprint density at radius 2 is 2.12 bits per heavy atom. The normalized spacial score (nSPS) is 12.5. The van der Waals surface area contributed by atoms with Gasteiger partial charge in [-0.2, -0.15) is 0 Å². The summed E-state index contributed by atoms with van der Waals surface area (Å²) in [6.07, 6.45) is 1.65. The predicted octanol–water partition coefficient (Wildman–Crippen LogP) is 2.82. The zero-order valence-corrected chi connectivity index (χ0v) is 15.9. The number of benzene rings is 1. The number of ether oxygens (including phenoxy) is 1. The Labute approximate surface area is 152 Å². The van der Waals surface area contributed by atoms with Crippen molar-refractivity contribution in [2.24, 2.45) is 0 Å². The van der Waals surface area contributed by atoms with Gasteiger partial charge in [0.15, 0.2) is 5.82 Å². The lowest BCUT2D eigenvalue weighted by Gasteiger charge is -2.14. The third-order valence-corrected chi connectivity index (χ3v) is 4.65. The maximum absolute atomic E-state index is 12.8. The highest BCUT2D eigenvalue weighted by molar-refractivity contribution is 6.01. The van der Waals surface area contributed by atoms with Gasteiger partial charge < -0.3 is 19.6 Å². The molecule has 0 spiro atoms. The van der Waals surface area contributed by atoms with E-state index in [1.54, 1.807) is 13.4 Å². The minimum atomic E-state index is -0.268. The number of nitrogens with one attached hydrogen (secondary N) is 2. The molecule has 2 heterocycles. The number of nitrogens with zero attached hydrogens (tertiary/aromatic N) is 3. The van der Waals surface area contributed by atoms with E-state index in [-0.39, 0.29) is 11.9 Å². The number of amides is 1. The Bertz CT molecular complexity index is 941. The molecule has 3 aromatic rings. The van der Waals surface area contributed by atoms with E-state index in [0.717, 1.165) is 22.0 Å². The van der Waals surface area contributed by atoms with Gasteiger partial charge in [-0.1, -0.05) is 11.6 Å². The third-order valence-electron chi connectivity index (χ3n) is 4.65. The number of aromatic nitrogens is 4. The summed E-state index contributed by atoms with van der Waals surface area (Å²) in [5.74, 6) is 0.556. The second kappa shape index (κ2) is 7.29. The number of aromatic amines is 1. The Morgan fingerprint density at radius 1 is 1.35 bits per heavy atom. The van der Waals surface area contributed by atoms with Crippen molar-refractivity contribution in [1.82, 2.24) is 25.1 Å². The van der Waals surface area contributed by atoms with Crippen LogP contribution in [0.4, 0.5) is 0 Å². The largest absolute Gasteiger partial charge is 0.383 e. The molecule has 0 aliphatic heterocycles. The monoisotopic (exact) mass is 355 g/mol. The summed E-state index contributed by atoms with van der Waals surface area (Å²) in [4.78, 5) is 16.1. The fraction of sp³-hybridized carbons (Fsp3) is 0.421. The Kier molecular flexibility index (Phi) is 5.08. The molecule has 3 rings (SSSR count). The minimum absolute atomic E-state index is 0.149. The number of methoxy groups -OCH3 is 1. The zero-order chi connectivity index (χ0) is 18.8. The molecule has 138 valence electrons. The van der Waals surface area contributed by atoms with Crippen LogP contribution in [0.25, 0.3) is 10.9 Å². The molecule has 0 aliphatic carbocycles. The highest BCUT2D eigenvalue weighted by Crippen LogP contribution is 2.26. The Morgan fingerprint density at radius 3 is 2.85 bits per heavy atom. The van der Waals surface area contributed by atoms with Crippen LogP contribution in [-0.2, 0) is 11.3 Å². The lowest BCUT2D eigenvalue weighted by atomic mass is 10.1. The third kappa shape index (κ3) is 3.35. The molecule has 1 aromatic carbocycles. The molecule has 0 bridgehead atoms. The van der Waals surface area contributed by atoms with Crippen molar-refractivity contribution in [3.8, 4) is 0 Å². The van der Waals surface area contributed by atoms with Crippen LogP contribution in [0, 0.1) is 20.8 Å². The second-order valence-corrected chi connectivity index (χ2v) is 6.70. The number of rotatable bonds is 6. The van der Waals surface area contributed by atoms with Crippen molar-refractivity contribution >= 4 is 16.8 Å². The molecule has 1 atom stereocenters. The van der Waals surface area contributed by atoms with Crippen LogP contribution < -0.4 is 5.32 Å². The molecule has 0 saturated carbocycles. The van der Waals surface area contributed by atoms with Crippen LogP contribution >= 0.6 is 0 Å². The number of H-pyrrole nitrogens is 1. The lowest BCUT2D eigenvalue weighted by Crippen LogP contribution is -2.29. The fourth-order valence-electron chi connectivity index (χ4n) is 3.30. The summed E-state index contributed by atoms with van der Waals surface area (Å²) < 4.78 is 6.99. The van der Waals surface area contributed by atoms with Crippen molar-refractivity contribution in [1.29, 1.82) is 0 Å². The lowest BCUT2D eigenvalue weighted by molar-refractivity contribution is 0.0932. The number of hydrogen-bond donors (Lipinski definition) is 2. The SMILES string of the molecule is COCCn1cnnc1C(C)NC(=O)c1[nH]c2c(C)cc(C)cc2c1C. The van der Waals surface area contributed by atoms with E-state index in [1.807, 2.05) is 25.3 Å². The summed E-state index contributed by atoms with van der Waals surface area (Å²) in [7, 11) is 1.65. The first-order valence-corrected chi connectivity index (χ1v) is 8.69. The van der Waals surface area contributed by atoms with E-state index < -0.39 is 0 Å². The zero-order valence-electron chi connectivity index (χ0n) is 15.9. The van der Waals surface area contributed by atoms with E-state index in [4.69, 9.17) is 4.74 Å². The Balaban J connectivity index is 1.84. The molecule has 0 fully saturated rings. The molecule has 7 nitrogen and oxygen atoms in total. The molecular weight excluding hydrogens is 330 g/mol. The summed E-state index contributed by atoms with van der Waals surface area (Å²) >= 11 is 0. The van der Waals surface area contributed by atoms with Crippen LogP contribution in [0.15, 0.2) is 18.5 Å². The first kappa shape index (κ1) is 18.1. The van der Waals surface area contributed by atoms with Gasteiger partial charge in [-0.05, 0) is 44.9 Å². The van der Waals surface area contributed by atoms with Gasteiger partial charge in [0.1, 0.15) is 12.0 Å². The number of carbonyl (C=O) groups excluding carboxylic acids is 1. The summed E-state index contributed by atoms with van der Waals surface area (Å²) in [6, 6.07) is 3.95. The quantitative estimate of drug-likeness (QED) is 0.712. The number of hydrogen-bond acceptors (Lipinski definition) is 4. The smallest absolute Gasteiger partial charge is 0.268 e. The van der Waals surface area contributed by atoms with Gasteiger partial charge in [-0.3, -0.25) is 4.79 Å². The minimum Gasteiger partial charge on any atom is -0.383 e. The topological polar surface area (TPSA) is 84.8 Å². The molecular formula is C19H25N5O2. The van der Waals surface area contributed by atoms with Crippen LogP contribution in [0.5, 0.6) is 0 Å². The fourth-order valence-corrected chi connectivity index (χ4v) is 3.30. The van der Waals surface area contributed by atoms with Crippen molar-refractivity contribution in [3.05, 3.63) is 46.7 Å². The summed E-state index contributed by atoms with van der Waals surface area (Å²) in [5.41, 5.74) is 4.87. The number of fused-ring (bicyclic) bond motifs is 1. The number of aryl methyl sites for hydroxylation is 3. The van der Waals surface area contributed by atoms with Gasteiger partial charge >= 0.3 is 0 Å². The average molecular weight is 355 g/mol. The van der Waals surface area contributed by atoms with Gasteiger partial charge in [0, 0.05) is 24.6 Å². The van der Waals surface area contributed by atoms with Crippen molar-refractivity contribution in [3.63, 3.8) is 0 Å². The maximum Gasteiger partial charge on any atom is 0.268 e. The molecule has 0 aliphatic rings. The maximum atomic E-state index is 12.8. The van der Waals surface area contributed by atoms with Crippen molar-refractivity contribution in [2.45, 2.75) is 40.3 Å². The molecule has 1 amide bonds. The Hall–Kier alpha value is -2.67. The molecule has 0 radical (unpaired) electrons. The van der Waals surface area contributed by atoms with Crippen LogP contribution in [-0.4, -0.2) is 39.4 Å². The van der Waals surface area contributed by atoms with Crippen molar-refractivity contribution in [2.75, 3.05) is 13.7 Å². The van der Waals surface area contributed by atoms with Gasteiger partial charge in [-0.25, -0.2) is 0 Å². The van der Waals surface area contributed by atoms with Gasteiger partial charge in [0.05, 0.1) is 12.6 Å². The van der Waals surface area contributed by atoms with Gasteiger partial charge in [0.25, 0.3) is 5.91 Å². The average Bonchev–Trinajstić information content (AvgIpc) is 3.18.